The van der Waals surface area contributed by atoms with Crippen molar-refractivity contribution in [3.8, 4) is 0 Å². The van der Waals surface area contributed by atoms with E-state index in [1.54, 1.807) is 18.2 Å². The molecule has 2 rings (SSSR count). The van der Waals surface area contributed by atoms with Gasteiger partial charge in [-0.15, -0.1) is 0 Å². The number of sulfonamides is 1. The fraction of sp³-hybridized carbons (Fsp3) is 0.571. The van der Waals surface area contributed by atoms with Crippen molar-refractivity contribution in [2.75, 3.05) is 19.6 Å². The lowest BCUT2D eigenvalue weighted by molar-refractivity contribution is 0.260. The monoisotopic (exact) mass is 298 g/mol. The Labute approximate surface area is 120 Å². The number of rotatable bonds is 6. The molecule has 1 aromatic rings. The number of nitrogens with one attached hydrogen (secondary N) is 1. The first-order valence-electron chi connectivity index (χ1n) is 6.96. The normalized spacial score (nSPS) is 18.3. The molecule has 2 N–H and O–H groups in total. The Morgan fingerprint density at radius 2 is 2.05 bits per heavy atom. The lowest BCUT2D eigenvalue weighted by atomic mass is 10.2. The van der Waals surface area contributed by atoms with Crippen LogP contribution >= 0.6 is 0 Å². The minimum absolute atomic E-state index is 0.159. The van der Waals surface area contributed by atoms with Crippen LogP contribution in [-0.2, 0) is 16.6 Å². The molecule has 6 heteroatoms. The van der Waals surface area contributed by atoms with Crippen LogP contribution in [0.25, 0.3) is 0 Å². The predicted molar refractivity (Wildman–Crippen MR) is 77.8 cm³/mol. The molecular formula is C14H22N2O3S. The fourth-order valence-electron chi connectivity index (χ4n) is 2.44. The van der Waals surface area contributed by atoms with Crippen LogP contribution in [0.3, 0.4) is 0 Å². The van der Waals surface area contributed by atoms with Gasteiger partial charge in [0.25, 0.3) is 0 Å². The summed E-state index contributed by atoms with van der Waals surface area (Å²) in [5.74, 6) is 0. The van der Waals surface area contributed by atoms with Crippen LogP contribution in [0.2, 0.25) is 0 Å². The average molecular weight is 298 g/mol. The summed E-state index contributed by atoms with van der Waals surface area (Å²) in [4.78, 5) is 2.50. The van der Waals surface area contributed by atoms with Crippen LogP contribution in [-0.4, -0.2) is 44.1 Å². The molecule has 1 aromatic carbocycles. The lowest BCUT2D eigenvalue weighted by Crippen LogP contribution is -2.40. The zero-order chi connectivity index (χ0) is 14.6. The summed E-state index contributed by atoms with van der Waals surface area (Å²) >= 11 is 0. The molecule has 0 saturated carbocycles. The number of likely N-dealkylation sites (tertiary alicyclic amines) is 1. The molecule has 1 aliphatic rings. The number of hydrogen-bond acceptors (Lipinski definition) is 4. The van der Waals surface area contributed by atoms with Gasteiger partial charge in [0, 0.05) is 12.6 Å². The summed E-state index contributed by atoms with van der Waals surface area (Å²) < 4.78 is 27.1. The van der Waals surface area contributed by atoms with Crippen LogP contribution < -0.4 is 4.72 Å². The zero-order valence-corrected chi connectivity index (χ0v) is 12.6. The van der Waals surface area contributed by atoms with Crippen molar-refractivity contribution >= 4 is 10.0 Å². The molecule has 1 heterocycles. The predicted octanol–water partition coefficient (Wildman–Crippen LogP) is 0.941. The molecule has 0 aromatic heterocycles. The molecule has 112 valence electrons. The lowest BCUT2D eigenvalue weighted by Gasteiger charge is -2.23. The largest absolute Gasteiger partial charge is 0.392 e. The zero-order valence-electron chi connectivity index (χ0n) is 11.7. The second kappa shape index (κ2) is 6.67. The molecule has 1 unspecified atom stereocenters. The first-order chi connectivity index (χ1) is 9.53. The smallest absolute Gasteiger partial charge is 0.240 e. The first kappa shape index (κ1) is 15.4. The quantitative estimate of drug-likeness (QED) is 0.820. The number of nitrogens with zero attached hydrogens (tertiary/aromatic N) is 1. The Kier molecular flexibility index (Phi) is 5.15. The summed E-state index contributed by atoms with van der Waals surface area (Å²) in [6.07, 6.45) is 2.38. The SMILES string of the molecule is CC(CNS(=O)(=O)c1cccc(CO)c1)N1CCCC1. The third-order valence-electron chi connectivity index (χ3n) is 3.72. The second-order valence-electron chi connectivity index (χ2n) is 5.25. The first-order valence-corrected chi connectivity index (χ1v) is 8.45. The van der Waals surface area contributed by atoms with Crippen LogP contribution in [0.5, 0.6) is 0 Å². The summed E-state index contributed by atoms with van der Waals surface area (Å²) in [7, 11) is -3.51. The van der Waals surface area contributed by atoms with Gasteiger partial charge in [-0.2, -0.15) is 0 Å². The Hall–Kier alpha value is -0.950. The number of benzene rings is 1. The topological polar surface area (TPSA) is 69.6 Å². The van der Waals surface area contributed by atoms with E-state index in [-0.39, 0.29) is 17.5 Å². The van der Waals surface area contributed by atoms with Crippen LogP contribution in [0.1, 0.15) is 25.3 Å². The van der Waals surface area contributed by atoms with Gasteiger partial charge in [0.1, 0.15) is 0 Å². The molecule has 5 nitrogen and oxygen atoms in total. The molecule has 1 fully saturated rings. The number of aliphatic hydroxyl groups excluding tert-OH is 1. The summed E-state index contributed by atoms with van der Waals surface area (Å²) in [6, 6.07) is 6.59. The van der Waals surface area contributed by atoms with Gasteiger partial charge in [0.05, 0.1) is 11.5 Å². The average Bonchev–Trinajstić information content (AvgIpc) is 2.99. The van der Waals surface area contributed by atoms with E-state index in [9.17, 15) is 8.42 Å². The van der Waals surface area contributed by atoms with Crippen molar-refractivity contribution in [1.29, 1.82) is 0 Å². The van der Waals surface area contributed by atoms with Crippen LogP contribution in [0, 0.1) is 0 Å². The van der Waals surface area contributed by atoms with Crippen molar-refractivity contribution in [3.05, 3.63) is 29.8 Å². The van der Waals surface area contributed by atoms with Crippen molar-refractivity contribution in [2.24, 2.45) is 0 Å². The van der Waals surface area contributed by atoms with E-state index in [1.165, 1.54) is 18.9 Å². The van der Waals surface area contributed by atoms with Crippen molar-refractivity contribution in [3.63, 3.8) is 0 Å². The van der Waals surface area contributed by atoms with Gasteiger partial charge in [-0.05, 0) is 50.6 Å². The number of aliphatic hydroxyl groups is 1. The summed E-state index contributed by atoms with van der Waals surface area (Å²) in [6.45, 7) is 4.38. The van der Waals surface area contributed by atoms with Gasteiger partial charge in [0.2, 0.25) is 10.0 Å². The van der Waals surface area contributed by atoms with Gasteiger partial charge >= 0.3 is 0 Å². The Bertz CT molecular complexity index is 539. The molecular weight excluding hydrogens is 276 g/mol. The van der Waals surface area contributed by atoms with E-state index in [1.807, 2.05) is 6.92 Å². The van der Waals surface area contributed by atoms with Crippen molar-refractivity contribution < 1.29 is 13.5 Å². The summed E-state index contributed by atoms with van der Waals surface area (Å²) in [5.41, 5.74) is 0.598. The fourth-order valence-corrected chi connectivity index (χ4v) is 3.63. The van der Waals surface area contributed by atoms with E-state index in [4.69, 9.17) is 5.11 Å². The maximum Gasteiger partial charge on any atom is 0.240 e. The third kappa shape index (κ3) is 3.79. The highest BCUT2D eigenvalue weighted by atomic mass is 32.2. The molecule has 0 aliphatic carbocycles. The maximum absolute atomic E-state index is 12.2. The van der Waals surface area contributed by atoms with E-state index >= 15 is 0 Å². The van der Waals surface area contributed by atoms with E-state index in [2.05, 4.69) is 9.62 Å². The van der Waals surface area contributed by atoms with Gasteiger partial charge in [-0.25, -0.2) is 13.1 Å². The molecule has 1 atom stereocenters. The third-order valence-corrected chi connectivity index (χ3v) is 5.15. The van der Waals surface area contributed by atoms with E-state index < -0.39 is 10.0 Å². The van der Waals surface area contributed by atoms with E-state index in [0.29, 0.717) is 12.1 Å². The van der Waals surface area contributed by atoms with Crippen molar-refractivity contribution in [2.45, 2.75) is 37.3 Å². The highest BCUT2D eigenvalue weighted by Gasteiger charge is 2.21. The molecule has 1 aliphatic heterocycles. The maximum atomic E-state index is 12.2. The minimum atomic E-state index is -3.51. The molecule has 0 bridgehead atoms. The van der Waals surface area contributed by atoms with Gasteiger partial charge < -0.3 is 5.11 Å². The molecule has 20 heavy (non-hydrogen) atoms. The highest BCUT2D eigenvalue weighted by molar-refractivity contribution is 7.89. The standard InChI is InChI=1S/C14H22N2O3S/c1-12(16-7-2-3-8-16)10-15-20(18,19)14-6-4-5-13(9-14)11-17/h4-6,9,12,15,17H,2-3,7-8,10-11H2,1H3. The van der Waals surface area contributed by atoms with Crippen LogP contribution in [0.15, 0.2) is 29.2 Å². The summed E-state index contributed by atoms with van der Waals surface area (Å²) in [5, 5.41) is 9.07. The van der Waals surface area contributed by atoms with Crippen LogP contribution in [0.4, 0.5) is 0 Å². The molecule has 0 amide bonds. The van der Waals surface area contributed by atoms with Gasteiger partial charge in [0.15, 0.2) is 0 Å². The minimum Gasteiger partial charge on any atom is -0.392 e. The van der Waals surface area contributed by atoms with Gasteiger partial charge in [-0.1, -0.05) is 12.1 Å². The molecule has 0 radical (unpaired) electrons. The Morgan fingerprint density at radius 1 is 1.35 bits per heavy atom. The van der Waals surface area contributed by atoms with Crippen molar-refractivity contribution in [1.82, 2.24) is 9.62 Å². The van der Waals surface area contributed by atoms with Gasteiger partial charge in [-0.3, -0.25) is 4.90 Å². The highest BCUT2D eigenvalue weighted by Crippen LogP contribution is 2.13. The number of hydrogen-bond donors (Lipinski definition) is 2. The Balaban J connectivity index is 1.99. The Morgan fingerprint density at radius 3 is 2.70 bits per heavy atom. The molecule has 0 spiro atoms. The molecule has 1 saturated heterocycles. The van der Waals surface area contributed by atoms with E-state index in [0.717, 1.165) is 13.1 Å². The second-order valence-corrected chi connectivity index (χ2v) is 7.02.